The molecule has 1 aliphatic carbocycles. The summed E-state index contributed by atoms with van der Waals surface area (Å²) in [5.74, 6) is -0.157. The SMILES string of the molecule is Nc1c(F)cc(-n2nccn2)cc1OC1CC1. The zero-order valence-electron chi connectivity index (χ0n) is 9.01. The van der Waals surface area contributed by atoms with Crippen LogP contribution in [0.5, 0.6) is 5.75 Å². The van der Waals surface area contributed by atoms with Crippen molar-refractivity contribution in [2.24, 2.45) is 0 Å². The summed E-state index contributed by atoms with van der Waals surface area (Å²) in [4.78, 5) is 1.32. The van der Waals surface area contributed by atoms with Crippen LogP contribution in [-0.4, -0.2) is 21.1 Å². The summed E-state index contributed by atoms with van der Waals surface area (Å²) in [6.07, 6.45) is 5.19. The van der Waals surface area contributed by atoms with E-state index in [1.807, 2.05) is 0 Å². The molecule has 0 aliphatic heterocycles. The molecule has 2 N–H and O–H groups in total. The van der Waals surface area contributed by atoms with Gasteiger partial charge in [-0.2, -0.15) is 15.0 Å². The fraction of sp³-hybridized carbons (Fsp3) is 0.273. The molecule has 5 nitrogen and oxygen atoms in total. The van der Waals surface area contributed by atoms with Crippen LogP contribution in [0.4, 0.5) is 10.1 Å². The van der Waals surface area contributed by atoms with Gasteiger partial charge >= 0.3 is 0 Å². The van der Waals surface area contributed by atoms with E-state index in [2.05, 4.69) is 10.2 Å². The second-order valence-corrected chi connectivity index (χ2v) is 3.98. The van der Waals surface area contributed by atoms with Crippen LogP contribution in [0.1, 0.15) is 12.8 Å². The molecule has 2 aromatic rings. The zero-order valence-corrected chi connectivity index (χ0v) is 9.01. The molecule has 0 unspecified atom stereocenters. The maximum atomic E-state index is 13.6. The van der Waals surface area contributed by atoms with Gasteiger partial charge in [0.2, 0.25) is 0 Å². The number of hydrogen-bond acceptors (Lipinski definition) is 4. The minimum Gasteiger partial charge on any atom is -0.488 e. The number of benzene rings is 1. The van der Waals surface area contributed by atoms with Crippen LogP contribution in [0, 0.1) is 5.82 Å². The van der Waals surface area contributed by atoms with E-state index < -0.39 is 5.82 Å². The van der Waals surface area contributed by atoms with Crippen molar-refractivity contribution < 1.29 is 9.13 Å². The molecule has 1 saturated carbocycles. The van der Waals surface area contributed by atoms with Crippen LogP contribution in [0.25, 0.3) is 5.69 Å². The number of nitrogens with two attached hydrogens (primary N) is 1. The molecule has 1 fully saturated rings. The average molecular weight is 234 g/mol. The van der Waals surface area contributed by atoms with Crippen molar-refractivity contribution >= 4 is 5.69 Å². The molecule has 17 heavy (non-hydrogen) atoms. The van der Waals surface area contributed by atoms with E-state index in [0.29, 0.717) is 11.4 Å². The first kappa shape index (κ1) is 10.1. The molecule has 1 aromatic heterocycles. The lowest BCUT2D eigenvalue weighted by molar-refractivity contribution is 0.303. The zero-order chi connectivity index (χ0) is 11.8. The van der Waals surface area contributed by atoms with E-state index in [9.17, 15) is 4.39 Å². The van der Waals surface area contributed by atoms with Gasteiger partial charge in [0.15, 0.2) is 5.82 Å². The van der Waals surface area contributed by atoms with E-state index >= 15 is 0 Å². The first-order chi connectivity index (χ1) is 8.24. The van der Waals surface area contributed by atoms with Crippen LogP contribution >= 0.6 is 0 Å². The molecule has 0 radical (unpaired) electrons. The van der Waals surface area contributed by atoms with Gasteiger partial charge in [0.05, 0.1) is 24.2 Å². The van der Waals surface area contributed by atoms with Crippen molar-refractivity contribution in [3.8, 4) is 11.4 Å². The molecule has 1 heterocycles. The number of aromatic nitrogens is 3. The summed E-state index contributed by atoms with van der Waals surface area (Å²) in [6.45, 7) is 0. The van der Waals surface area contributed by atoms with Gasteiger partial charge in [-0.3, -0.25) is 0 Å². The van der Waals surface area contributed by atoms with E-state index in [1.165, 1.54) is 23.3 Å². The van der Waals surface area contributed by atoms with Crippen molar-refractivity contribution in [1.82, 2.24) is 15.0 Å². The predicted octanol–water partition coefficient (Wildman–Crippen LogP) is 1.53. The molecule has 6 heteroatoms. The number of ether oxygens (including phenoxy) is 1. The Balaban J connectivity index is 2.02. The van der Waals surface area contributed by atoms with Gasteiger partial charge in [0.1, 0.15) is 11.4 Å². The van der Waals surface area contributed by atoms with E-state index in [4.69, 9.17) is 10.5 Å². The molecule has 1 aromatic carbocycles. The summed E-state index contributed by atoms with van der Waals surface area (Å²) in [6, 6.07) is 2.94. The van der Waals surface area contributed by atoms with Crippen LogP contribution in [0.15, 0.2) is 24.5 Å². The Morgan fingerprint density at radius 3 is 2.65 bits per heavy atom. The fourth-order valence-corrected chi connectivity index (χ4v) is 1.51. The lowest BCUT2D eigenvalue weighted by Crippen LogP contribution is -2.05. The van der Waals surface area contributed by atoms with Gasteiger partial charge in [0.25, 0.3) is 0 Å². The van der Waals surface area contributed by atoms with Gasteiger partial charge in [0, 0.05) is 12.1 Å². The minimum atomic E-state index is -0.518. The maximum Gasteiger partial charge on any atom is 0.152 e. The Morgan fingerprint density at radius 1 is 1.29 bits per heavy atom. The number of nitrogen functional groups attached to an aromatic ring is 1. The van der Waals surface area contributed by atoms with E-state index in [-0.39, 0.29) is 11.8 Å². The lowest BCUT2D eigenvalue weighted by atomic mass is 10.2. The highest BCUT2D eigenvalue weighted by atomic mass is 19.1. The van der Waals surface area contributed by atoms with Crippen LogP contribution in [0.2, 0.25) is 0 Å². The third kappa shape index (κ3) is 1.93. The number of rotatable bonds is 3. The van der Waals surface area contributed by atoms with E-state index in [1.54, 1.807) is 6.07 Å². The predicted molar refractivity (Wildman–Crippen MR) is 59.4 cm³/mol. The van der Waals surface area contributed by atoms with Gasteiger partial charge in [-0.25, -0.2) is 4.39 Å². The molecular weight excluding hydrogens is 223 g/mol. The van der Waals surface area contributed by atoms with Crippen LogP contribution in [-0.2, 0) is 0 Å². The maximum absolute atomic E-state index is 13.6. The molecule has 88 valence electrons. The average Bonchev–Trinajstić information content (AvgIpc) is 2.96. The van der Waals surface area contributed by atoms with Gasteiger partial charge in [-0.1, -0.05) is 0 Å². The molecule has 0 bridgehead atoms. The molecular formula is C11H11FN4O. The quantitative estimate of drug-likeness (QED) is 0.818. The van der Waals surface area contributed by atoms with Crippen molar-refractivity contribution in [3.05, 3.63) is 30.3 Å². The number of hydrogen-bond donors (Lipinski definition) is 1. The van der Waals surface area contributed by atoms with Crippen molar-refractivity contribution in [2.45, 2.75) is 18.9 Å². The number of halogens is 1. The van der Waals surface area contributed by atoms with Gasteiger partial charge in [-0.15, -0.1) is 0 Å². The van der Waals surface area contributed by atoms with Crippen molar-refractivity contribution in [1.29, 1.82) is 0 Å². The van der Waals surface area contributed by atoms with E-state index in [0.717, 1.165) is 12.8 Å². The Hall–Kier alpha value is -2.11. The molecule has 0 atom stereocenters. The number of anilines is 1. The normalized spacial score (nSPS) is 14.9. The summed E-state index contributed by atoms with van der Waals surface area (Å²) in [5, 5.41) is 7.87. The van der Waals surface area contributed by atoms with Gasteiger partial charge < -0.3 is 10.5 Å². The van der Waals surface area contributed by atoms with Gasteiger partial charge in [-0.05, 0) is 12.8 Å². The Morgan fingerprint density at radius 2 is 2.00 bits per heavy atom. The molecule has 0 amide bonds. The third-order valence-electron chi connectivity index (χ3n) is 2.54. The minimum absolute atomic E-state index is 0.0350. The summed E-state index contributed by atoms with van der Waals surface area (Å²) in [5.41, 5.74) is 6.16. The molecule has 0 spiro atoms. The molecule has 1 aliphatic rings. The topological polar surface area (TPSA) is 66.0 Å². The first-order valence-electron chi connectivity index (χ1n) is 5.36. The first-order valence-corrected chi connectivity index (χ1v) is 5.36. The summed E-state index contributed by atoms with van der Waals surface area (Å²) < 4.78 is 19.2. The second-order valence-electron chi connectivity index (χ2n) is 3.98. The Kier molecular flexibility index (Phi) is 2.21. The monoisotopic (exact) mass is 234 g/mol. The second kappa shape index (κ2) is 3.73. The summed E-state index contributed by atoms with van der Waals surface area (Å²) in [7, 11) is 0. The van der Waals surface area contributed by atoms with Crippen molar-refractivity contribution in [2.75, 3.05) is 5.73 Å². The Bertz CT molecular complexity index is 537. The highest BCUT2D eigenvalue weighted by Crippen LogP contribution is 2.33. The summed E-state index contributed by atoms with van der Waals surface area (Å²) >= 11 is 0. The lowest BCUT2D eigenvalue weighted by Gasteiger charge is -2.10. The van der Waals surface area contributed by atoms with Crippen molar-refractivity contribution in [3.63, 3.8) is 0 Å². The molecule has 3 rings (SSSR count). The largest absolute Gasteiger partial charge is 0.488 e. The standard InChI is InChI=1S/C11H11FN4O/c12-9-5-7(16-14-3-4-15-16)6-10(11(9)13)17-8-1-2-8/h3-6,8H,1-2,13H2. The third-order valence-corrected chi connectivity index (χ3v) is 2.54. The molecule has 0 saturated heterocycles. The smallest absolute Gasteiger partial charge is 0.152 e. The fourth-order valence-electron chi connectivity index (χ4n) is 1.51. The van der Waals surface area contributed by atoms with Crippen LogP contribution in [0.3, 0.4) is 0 Å². The van der Waals surface area contributed by atoms with Crippen LogP contribution < -0.4 is 10.5 Å². The number of nitrogens with zero attached hydrogens (tertiary/aromatic N) is 3. The highest BCUT2D eigenvalue weighted by Gasteiger charge is 2.25. The highest BCUT2D eigenvalue weighted by molar-refractivity contribution is 5.58. The Labute approximate surface area is 97.0 Å².